The van der Waals surface area contributed by atoms with Crippen LogP contribution in [-0.4, -0.2) is 51.4 Å². The molecule has 3 rings (SSSR count). The molecule has 2 aromatic rings. The number of halogens is 1. The summed E-state index contributed by atoms with van der Waals surface area (Å²) in [6.07, 6.45) is 1.45. The van der Waals surface area contributed by atoms with E-state index >= 15 is 0 Å². The van der Waals surface area contributed by atoms with Crippen molar-refractivity contribution in [1.29, 1.82) is 0 Å². The number of nitrogens with zero attached hydrogens (tertiary/aromatic N) is 4. The molecule has 0 spiro atoms. The molecule has 1 aliphatic heterocycles. The first-order valence-electron chi connectivity index (χ1n) is 10.3. The summed E-state index contributed by atoms with van der Waals surface area (Å²) in [6.45, 7) is 11.5. The van der Waals surface area contributed by atoms with Crippen molar-refractivity contribution < 1.29 is 9.53 Å². The first-order chi connectivity index (χ1) is 14.5. The van der Waals surface area contributed by atoms with Crippen molar-refractivity contribution in [3.05, 3.63) is 52.4 Å². The van der Waals surface area contributed by atoms with Gasteiger partial charge < -0.3 is 14.5 Å². The van der Waals surface area contributed by atoms with Gasteiger partial charge in [-0.25, -0.2) is 14.5 Å². The molecular formula is C22H30BrN5O3. The van der Waals surface area contributed by atoms with Gasteiger partial charge in [-0.3, -0.25) is 10.2 Å². The highest BCUT2D eigenvalue weighted by Gasteiger charge is 2.37. The van der Waals surface area contributed by atoms with E-state index in [1.54, 1.807) is 17.2 Å². The predicted molar refractivity (Wildman–Crippen MR) is 126 cm³/mol. The Morgan fingerprint density at radius 1 is 1.23 bits per heavy atom. The van der Waals surface area contributed by atoms with E-state index in [1.165, 1.54) is 10.7 Å². The van der Waals surface area contributed by atoms with Crippen molar-refractivity contribution in [1.82, 2.24) is 14.6 Å². The number of rotatable bonds is 4. The van der Waals surface area contributed by atoms with Gasteiger partial charge in [-0.05, 0) is 52.3 Å². The van der Waals surface area contributed by atoms with Gasteiger partial charge >= 0.3 is 6.09 Å². The summed E-state index contributed by atoms with van der Waals surface area (Å²) in [5.74, 6) is 1.35. The van der Waals surface area contributed by atoms with E-state index in [0.717, 1.165) is 11.4 Å². The highest BCUT2D eigenvalue weighted by Crippen LogP contribution is 2.28. The van der Waals surface area contributed by atoms with E-state index in [0.29, 0.717) is 30.8 Å². The molecule has 0 aliphatic carbocycles. The average molecular weight is 492 g/mol. The fourth-order valence-electron chi connectivity index (χ4n) is 3.52. The van der Waals surface area contributed by atoms with Crippen LogP contribution < -0.4 is 15.9 Å². The minimum absolute atomic E-state index is 0.164. The second kappa shape index (κ2) is 8.90. The number of anilines is 2. The number of hydrogen-bond donors (Lipinski definition) is 1. The van der Waals surface area contributed by atoms with Crippen LogP contribution in [0.3, 0.4) is 0 Å². The van der Waals surface area contributed by atoms with Crippen LogP contribution in [0.1, 0.15) is 40.2 Å². The molecule has 0 aromatic carbocycles. The molecule has 31 heavy (non-hydrogen) atoms. The molecule has 0 radical (unpaired) electrons. The summed E-state index contributed by atoms with van der Waals surface area (Å²) in [5, 5.41) is 0.651. The SMILES string of the molecule is CC(C)(C)OC(=O)N1CCN(c2cccc(Nn3cc(CBr)ccc3=O)n2)C(C)(C)C1. The van der Waals surface area contributed by atoms with Crippen LogP contribution in [0.2, 0.25) is 0 Å². The van der Waals surface area contributed by atoms with E-state index in [9.17, 15) is 9.59 Å². The van der Waals surface area contributed by atoms with Gasteiger partial charge in [0.15, 0.2) is 0 Å². The zero-order chi connectivity index (χ0) is 22.8. The van der Waals surface area contributed by atoms with Crippen LogP contribution in [0.25, 0.3) is 0 Å². The summed E-state index contributed by atoms with van der Waals surface area (Å²) >= 11 is 3.41. The Balaban J connectivity index is 1.77. The van der Waals surface area contributed by atoms with Crippen molar-refractivity contribution in [2.24, 2.45) is 0 Å². The van der Waals surface area contributed by atoms with Gasteiger partial charge in [0.2, 0.25) is 0 Å². The minimum atomic E-state index is -0.524. The third-order valence-corrected chi connectivity index (χ3v) is 5.57. The largest absolute Gasteiger partial charge is 0.444 e. The van der Waals surface area contributed by atoms with E-state index in [1.807, 2.05) is 39.0 Å². The first kappa shape index (κ1) is 23.1. The fraction of sp³-hybridized carbons (Fsp3) is 0.500. The maximum atomic E-state index is 12.5. The third kappa shape index (κ3) is 5.78. The van der Waals surface area contributed by atoms with Crippen LogP contribution in [0, 0.1) is 0 Å². The Hall–Kier alpha value is -2.55. The molecule has 1 fully saturated rings. The maximum Gasteiger partial charge on any atom is 0.410 e. The zero-order valence-corrected chi connectivity index (χ0v) is 20.3. The molecular weight excluding hydrogens is 462 g/mol. The van der Waals surface area contributed by atoms with E-state index in [4.69, 9.17) is 9.72 Å². The molecule has 168 valence electrons. The molecule has 0 saturated carbocycles. The van der Waals surface area contributed by atoms with Gasteiger partial charge in [-0.2, -0.15) is 0 Å². The Kier molecular flexibility index (Phi) is 6.64. The summed E-state index contributed by atoms with van der Waals surface area (Å²) in [6, 6.07) is 8.97. The Morgan fingerprint density at radius 2 is 1.97 bits per heavy atom. The lowest BCUT2D eigenvalue weighted by atomic mass is 9.99. The number of amides is 1. The Morgan fingerprint density at radius 3 is 2.61 bits per heavy atom. The van der Waals surface area contributed by atoms with Gasteiger partial charge in [-0.15, -0.1) is 0 Å². The number of carbonyl (C=O) groups is 1. The normalized spacial score (nSPS) is 16.2. The number of carbonyl (C=O) groups excluding carboxylic acids is 1. The van der Waals surface area contributed by atoms with Gasteiger partial charge in [0.05, 0.1) is 5.54 Å². The van der Waals surface area contributed by atoms with Crippen molar-refractivity contribution >= 4 is 33.7 Å². The van der Waals surface area contributed by atoms with Crippen molar-refractivity contribution in [3.63, 3.8) is 0 Å². The molecule has 0 atom stereocenters. The first-order valence-corrected chi connectivity index (χ1v) is 11.4. The summed E-state index contributed by atoms with van der Waals surface area (Å²) in [4.78, 5) is 33.3. The van der Waals surface area contributed by atoms with Gasteiger partial charge in [-0.1, -0.05) is 28.1 Å². The van der Waals surface area contributed by atoms with Crippen LogP contribution in [-0.2, 0) is 10.1 Å². The minimum Gasteiger partial charge on any atom is -0.444 e. The van der Waals surface area contributed by atoms with Crippen LogP contribution in [0.5, 0.6) is 0 Å². The van der Waals surface area contributed by atoms with Crippen molar-refractivity contribution in [2.45, 2.75) is 51.1 Å². The van der Waals surface area contributed by atoms with Crippen LogP contribution >= 0.6 is 15.9 Å². The molecule has 2 aromatic heterocycles. The molecule has 3 heterocycles. The molecule has 0 bridgehead atoms. The molecule has 1 aliphatic rings. The quantitative estimate of drug-likeness (QED) is 0.654. The van der Waals surface area contributed by atoms with Gasteiger partial charge in [0.25, 0.3) is 5.56 Å². The zero-order valence-electron chi connectivity index (χ0n) is 18.7. The molecule has 1 amide bonds. The number of ether oxygens (including phenoxy) is 1. The topological polar surface area (TPSA) is 79.7 Å². The highest BCUT2D eigenvalue weighted by atomic mass is 79.9. The van der Waals surface area contributed by atoms with Crippen LogP contribution in [0.15, 0.2) is 41.3 Å². The molecule has 8 nitrogen and oxygen atoms in total. The number of aromatic nitrogens is 2. The maximum absolute atomic E-state index is 12.5. The van der Waals surface area contributed by atoms with Crippen LogP contribution in [0.4, 0.5) is 16.4 Å². The lowest BCUT2D eigenvalue weighted by Gasteiger charge is -2.47. The average Bonchev–Trinajstić information content (AvgIpc) is 2.68. The van der Waals surface area contributed by atoms with E-state index < -0.39 is 5.60 Å². The number of piperazine rings is 1. The summed E-state index contributed by atoms with van der Waals surface area (Å²) < 4.78 is 6.96. The van der Waals surface area contributed by atoms with E-state index in [-0.39, 0.29) is 17.2 Å². The third-order valence-electron chi connectivity index (χ3n) is 4.93. The lowest BCUT2D eigenvalue weighted by molar-refractivity contribution is 0.0179. The monoisotopic (exact) mass is 491 g/mol. The number of hydrogen-bond acceptors (Lipinski definition) is 6. The fourth-order valence-corrected chi connectivity index (χ4v) is 3.85. The molecule has 1 N–H and O–H groups in total. The predicted octanol–water partition coefficient (Wildman–Crippen LogP) is 3.85. The van der Waals surface area contributed by atoms with Crippen molar-refractivity contribution in [3.8, 4) is 0 Å². The molecule has 0 unspecified atom stereocenters. The van der Waals surface area contributed by atoms with E-state index in [2.05, 4.69) is 40.1 Å². The molecule has 9 heteroatoms. The number of alkyl halides is 1. The second-order valence-corrected chi connectivity index (χ2v) is 9.80. The lowest BCUT2D eigenvalue weighted by Crippen LogP contribution is -2.61. The highest BCUT2D eigenvalue weighted by molar-refractivity contribution is 9.08. The Labute approximate surface area is 191 Å². The standard InChI is InChI=1S/C22H30BrN5O3/c1-21(2,3)31-20(30)26-11-12-27(22(4,5)15-26)18-8-6-7-17(24-18)25-28-14-16(13-23)9-10-19(28)29/h6-10,14H,11-13,15H2,1-5H3,(H,24,25). The Bertz CT molecular complexity index is 999. The second-order valence-electron chi connectivity index (χ2n) is 9.24. The summed E-state index contributed by atoms with van der Waals surface area (Å²) in [5.41, 5.74) is 3.02. The number of pyridine rings is 2. The smallest absolute Gasteiger partial charge is 0.410 e. The van der Waals surface area contributed by atoms with Gasteiger partial charge in [0.1, 0.15) is 17.2 Å². The van der Waals surface area contributed by atoms with Crippen molar-refractivity contribution in [2.75, 3.05) is 30.0 Å². The molecule has 1 saturated heterocycles. The van der Waals surface area contributed by atoms with Gasteiger partial charge in [0, 0.05) is 37.2 Å². The number of nitrogens with one attached hydrogen (secondary N) is 1. The summed E-state index contributed by atoms with van der Waals surface area (Å²) in [7, 11) is 0.